The summed E-state index contributed by atoms with van der Waals surface area (Å²) in [5.41, 5.74) is 0. The molecule has 5 heteroatoms. The molecule has 0 aromatic heterocycles. The molecular weight excluding hydrogens is 238 g/mol. The van der Waals surface area contributed by atoms with Gasteiger partial charge >= 0.3 is 5.97 Å². The highest BCUT2D eigenvalue weighted by Crippen LogP contribution is 2.19. The standard InChI is InChI=1S/C12H13NO3S/c14-11-8-13-12(15)10(16-11)6-7-17-9-4-2-1-3-5-9/h1-5,10H,6-8H2,(H,13,15). The summed E-state index contributed by atoms with van der Waals surface area (Å²) in [5.74, 6) is 0.188. The molecule has 2 rings (SSSR count). The van der Waals surface area contributed by atoms with Crippen molar-refractivity contribution in [1.29, 1.82) is 0 Å². The molecule has 17 heavy (non-hydrogen) atoms. The molecule has 4 nitrogen and oxygen atoms in total. The van der Waals surface area contributed by atoms with Crippen molar-refractivity contribution in [2.24, 2.45) is 0 Å². The molecule has 1 N–H and O–H groups in total. The minimum atomic E-state index is -0.632. The summed E-state index contributed by atoms with van der Waals surface area (Å²) >= 11 is 1.65. The number of amides is 1. The van der Waals surface area contributed by atoms with E-state index in [-0.39, 0.29) is 18.4 Å². The van der Waals surface area contributed by atoms with Gasteiger partial charge < -0.3 is 10.1 Å². The zero-order valence-electron chi connectivity index (χ0n) is 9.22. The predicted molar refractivity (Wildman–Crippen MR) is 64.7 cm³/mol. The van der Waals surface area contributed by atoms with Gasteiger partial charge in [-0.1, -0.05) is 18.2 Å². The first kappa shape index (κ1) is 12.0. The number of hydrogen-bond acceptors (Lipinski definition) is 4. The molecule has 1 heterocycles. The number of hydrogen-bond donors (Lipinski definition) is 1. The van der Waals surface area contributed by atoms with E-state index in [0.29, 0.717) is 6.42 Å². The lowest BCUT2D eigenvalue weighted by Crippen LogP contribution is -2.47. The van der Waals surface area contributed by atoms with Gasteiger partial charge in [0, 0.05) is 17.1 Å². The number of thioether (sulfide) groups is 1. The topological polar surface area (TPSA) is 55.4 Å². The molecule has 0 bridgehead atoms. The molecule has 1 aliphatic heterocycles. The molecule has 1 saturated heterocycles. The Morgan fingerprint density at radius 3 is 2.82 bits per heavy atom. The van der Waals surface area contributed by atoms with Gasteiger partial charge in [-0.15, -0.1) is 11.8 Å². The molecule has 0 saturated carbocycles. The highest BCUT2D eigenvalue weighted by atomic mass is 32.2. The third-order valence-corrected chi connectivity index (χ3v) is 3.41. The van der Waals surface area contributed by atoms with Crippen LogP contribution in [0.5, 0.6) is 0 Å². The zero-order chi connectivity index (χ0) is 12.1. The van der Waals surface area contributed by atoms with Gasteiger partial charge in [-0.2, -0.15) is 0 Å². The summed E-state index contributed by atoms with van der Waals surface area (Å²) in [6, 6.07) is 9.92. The van der Waals surface area contributed by atoms with Crippen molar-refractivity contribution in [3.63, 3.8) is 0 Å². The van der Waals surface area contributed by atoms with Crippen LogP contribution in [-0.2, 0) is 14.3 Å². The highest BCUT2D eigenvalue weighted by molar-refractivity contribution is 7.99. The summed E-state index contributed by atoms with van der Waals surface area (Å²) in [7, 11) is 0. The first-order valence-corrected chi connectivity index (χ1v) is 6.39. The van der Waals surface area contributed by atoms with E-state index < -0.39 is 6.10 Å². The number of carbonyl (C=O) groups excluding carboxylic acids is 2. The van der Waals surface area contributed by atoms with Crippen molar-refractivity contribution in [3.05, 3.63) is 30.3 Å². The van der Waals surface area contributed by atoms with Crippen LogP contribution in [0.25, 0.3) is 0 Å². The predicted octanol–water partition coefficient (Wildman–Crippen LogP) is 1.21. The van der Waals surface area contributed by atoms with E-state index in [2.05, 4.69) is 5.32 Å². The molecule has 0 spiro atoms. The largest absolute Gasteiger partial charge is 0.451 e. The fraction of sp³-hybridized carbons (Fsp3) is 0.333. The van der Waals surface area contributed by atoms with Gasteiger partial charge in [0.2, 0.25) is 0 Å². The summed E-state index contributed by atoms with van der Waals surface area (Å²) in [6.45, 7) is -0.0127. The second-order valence-corrected chi connectivity index (χ2v) is 4.81. The minimum Gasteiger partial charge on any atom is -0.451 e. The summed E-state index contributed by atoms with van der Waals surface area (Å²) in [6.07, 6.45) is -0.0932. The van der Waals surface area contributed by atoms with E-state index in [0.717, 1.165) is 10.6 Å². The first-order valence-electron chi connectivity index (χ1n) is 5.41. The fourth-order valence-electron chi connectivity index (χ4n) is 1.52. The number of ether oxygens (including phenoxy) is 1. The second-order valence-electron chi connectivity index (χ2n) is 3.65. The average Bonchev–Trinajstić information content (AvgIpc) is 2.35. The summed E-state index contributed by atoms with van der Waals surface area (Å²) in [5, 5.41) is 2.51. The molecule has 90 valence electrons. The Bertz CT molecular complexity index is 407. The lowest BCUT2D eigenvalue weighted by Gasteiger charge is -2.21. The van der Waals surface area contributed by atoms with E-state index in [1.807, 2.05) is 30.3 Å². The molecule has 1 atom stereocenters. The van der Waals surface area contributed by atoms with Crippen LogP contribution in [-0.4, -0.2) is 30.3 Å². The molecule has 1 aromatic rings. The Kier molecular flexibility index (Phi) is 4.03. The number of rotatable bonds is 4. The lowest BCUT2D eigenvalue weighted by atomic mass is 10.2. The number of nitrogens with one attached hydrogen (secondary N) is 1. The third-order valence-electron chi connectivity index (χ3n) is 2.37. The quantitative estimate of drug-likeness (QED) is 0.645. The Morgan fingerprint density at radius 2 is 2.06 bits per heavy atom. The number of esters is 1. The lowest BCUT2D eigenvalue weighted by molar-refractivity contribution is -0.161. The van der Waals surface area contributed by atoms with E-state index in [4.69, 9.17) is 4.74 Å². The SMILES string of the molecule is O=C1CNC(=O)C(CCSc2ccccc2)O1. The maximum atomic E-state index is 11.4. The van der Waals surface area contributed by atoms with E-state index in [9.17, 15) is 9.59 Å². The van der Waals surface area contributed by atoms with Crippen LogP contribution in [0.4, 0.5) is 0 Å². The van der Waals surface area contributed by atoms with E-state index in [1.54, 1.807) is 11.8 Å². The minimum absolute atomic E-state index is 0.0127. The third kappa shape index (κ3) is 3.49. The van der Waals surface area contributed by atoms with Crippen LogP contribution in [0.15, 0.2) is 35.2 Å². The summed E-state index contributed by atoms with van der Waals surface area (Å²) < 4.78 is 4.97. The van der Waals surface area contributed by atoms with Crippen molar-refractivity contribution in [1.82, 2.24) is 5.32 Å². The van der Waals surface area contributed by atoms with Crippen molar-refractivity contribution in [2.75, 3.05) is 12.3 Å². The normalized spacial score (nSPS) is 19.6. The summed E-state index contributed by atoms with van der Waals surface area (Å²) in [4.78, 5) is 23.5. The molecule has 1 fully saturated rings. The number of morpholine rings is 1. The van der Waals surface area contributed by atoms with Crippen LogP contribution >= 0.6 is 11.8 Å². The number of benzene rings is 1. The smallest absolute Gasteiger partial charge is 0.326 e. The van der Waals surface area contributed by atoms with Crippen LogP contribution in [0.1, 0.15) is 6.42 Å². The van der Waals surface area contributed by atoms with Crippen molar-refractivity contribution < 1.29 is 14.3 Å². The van der Waals surface area contributed by atoms with Crippen LogP contribution in [0, 0.1) is 0 Å². The Hall–Kier alpha value is -1.49. The zero-order valence-corrected chi connectivity index (χ0v) is 10.0. The van der Waals surface area contributed by atoms with Gasteiger partial charge in [0.05, 0.1) is 0 Å². The van der Waals surface area contributed by atoms with Crippen molar-refractivity contribution in [2.45, 2.75) is 17.4 Å². The van der Waals surface area contributed by atoms with Gasteiger partial charge in [0.1, 0.15) is 6.54 Å². The maximum absolute atomic E-state index is 11.4. The van der Waals surface area contributed by atoms with Crippen LogP contribution < -0.4 is 5.32 Å². The van der Waals surface area contributed by atoms with Gasteiger partial charge in [0.25, 0.3) is 5.91 Å². The maximum Gasteiger partial charge on any atom is 0.326 e. The molecule has 1 aliphatic rings. The molecule has 1 unspecified atom stereocenters. The van der Waals surface area contributed by atoms with E-state index in [1.165, 1.54) is 0 Å². The van der Waals surface area contributed by atoms with Gasteiger partial charge in [0.15, 0.2) is 6.10 Å². The van der Waals surface area contributed by atoms with E-state index >= 15 is 0 Å². The first-order chi connectivity index (χ1) is 8.25. The van der Waals surface area contributed by atoms with Gasteiger partial charge in [-0.05, 0) is 12.1 Å². The number of carbonyl (C=O) groups is 2. The highest BCUT2D eigenvalue weighted by Gasteiger charge is 2.27. The second kappa shape index (κ2) is 5.72. The number of cyclic esters (lactones) is 1. The molecule has 0 aliphatic carbocycles. The fourth-order valence-corrected chi connectivity index (χ4v) is 2.43. The van der Waals surface area contributed by atoms with Gasteiger partial charge in [-0.25, -0.2) is 0 Å². The molecular formula is C12H13NO3S. The van der Waals surface area contributed by atoms with Crippen molar-refractivity contribution in [3.8, 4) is 0 Å². The Morgan fingerprint density at radius 1 is 1.29 bits per heavy atom. The van der Waals surface area contributed by atoms with Crippen LogP contribution in [0.3, 0.4) is 0 Å². The van der Waals surface area contributed by atoms with Gasteiger partial charge in [-0.3, -0.25) is 9.59 Å². The average molecular weight is 251 g/mol. The van der Waals surface area contributed by atoms with Crippen LogP contribution in [0.2, 0.25) is 0 Å². The molecule has 0 radical (unpaired) electrons. The monoisotopic (exact) mass is 251 g/mol. The Labute approximate surface area is 104 Å². The van der Waals surface area contributed by atoms with Crippen molar-refractivity contribution >= 4 is 23.6 Å². The molecule has 1 aromatic carbocycles. The Balaban J connectivity index is 1.78. The molecule has 1 amide bonds.